The second kappa shape index (κ2) is 6.06. The van der Waals surface area contributed by atoms with Crippen LogP contribution in [0.5, 0.6) is 0 Å². The van der Waals surface area contributed by atoms with Gasteiger partial charge in [-0.2, -0.15) is 0 Å². The highest BCUT2D eigenvalue weighted by atomic mass is 16.5. The highest BCUT2D eigenvalue weighted by Gasteiger charge is 2.32. The normalized spacial score (nSPS) is 29.2. The molecule has 106 valence electrons. The van der Waals surface area contributed by atoms with E-state index in [1.165, 1.54) is 11.1 Å². The maximum absolute atomic E-state index is 5.92. The highest BCUT2D eigenvalue weighted by molar-refractivity contribution is 5.28. The molecule has 1 N–H and O–H groups in total. The number of hydrogen-bond donors (Lipinski definition) is 1. The fraction of sp³-hybridized carbons (Fsp3) is 0.647. The van der Waals surface area contributed by atoms with E-state index in [2.05, 4.69) is 57.3 Å². The Hall–Kier alpha value is -0.860. The minimum atomic E-state index is 0.0569. The smallest absolute Gasteiger partial charge is 0.0666 e. The van der Waals surface area contributed by atoms with Crippen molar-refractivity contribution in [3.8, 4) is 0 Å². The first-order valence-corrected chi connectivity index (χ1v) is 7.49. The summed E-state index contributed by atoms with van der Waals surface area (Å²) in [4.78, 5) is 0. The summed E-state index contributed by atoms with van der Waals surface area (Å²) in [7, 11) is 0. The Kier molecular flexibility index (Phi) is 4.64. The second-order valence-electron chi connectivity index (χ2n) is 6.09. The zero-order valence-electron chi connectivity index (χ0n) is 12.7. The van der Waals surface area contributed by atoms with Crippen molar-refractivity contribution in [2.75, 3.05) is 6.61 Å². The molecule has 0 spiro atoms. The molecule has 0 aliphatic carbocycles. The van der Waals surface area contributed by atoms with Crippen LogP contribution in [0.25, 0.3) is 0 Å². The third-order valence-corrected chi connectivity index (χ3v) is 4.48. The van der Waals surface area contributed by atoms with Gasteiger partial charge in [0.15, 0.2) is 0 Å². The van der Waals surface area contributed by atoms with E-state index in [0.717, 1.165) is 25.9 Å². The number of hydrogen-bond acceptors (Lipinski definition) is 2. The zero-order valence-corrected chi connectivity index (χ0v) is 12.7. The summed E-state index contributed by atoms with van der Waals surface area (Å²) < 4.78 is 5.92. The van der Waals surface area contributed by atoms with Crippen LogP contribution in [0.2, 0.25) is 0 Å². The maximum Gasteiger partial charge on any atom is 0.0666 e. The number of ether oxygens (including phenoxy) is 1. The molecule has 1 aromatic rings. The largest absolute Gasteiger partial charge is 0.375 e. The van der Waals surface area contributed by atoms with Gasteiger partial charge in [-0.1, -0.05) is 31.2 Å². The van der Waals surface area contributed by atoms with Gasteiger partial charge in [0.05, 0.1) is 5.60 Å². The van der Waals surface area contributed by atoms with E-state index in [1.54, 1.807) is 0 Å². The Morgan fingerprint density at radius 3 is 2.84 bits per heavy atom. The van der Waals surface area contributed by atoms with E-state index >= 15 is 0 Å². The van der Waals surface area contributed by atoms with E-state index in [9.17, 15) is 0 Å². The van der Waals surface area contributed by atoms with Gasteiger partial charge in [-0.05, 0) is 51.2 Å². The number of aryl methyl sites for hydroxylation is 1. The SMILES string of the molecule is CCC1(C)CC(N[C@@H](C)c2ccccc2C)CCO1. The van der Waals surface area contributed by atoms with Gasteiger partial charge in [0.1, 0.15) is 0 Å². The lowest BCUT2D eigenvalue weighted by Crippen LogP contribution is -2.45. The van der Waals surface area contributed by atoms with Gasteiger partial charge in [-0.15, -0.1) is 0 Å². The Bertz CT molecular complexity index is 417. The summed E-state index contributed by atoms with van der Waals surface area (Å²) >= 11 is 0. The van der Waals surface area contributed by atoms with Crippen molar-refractivity contribution in [1.29, 1.82) is 0 Å². The average Bonchev–Trinajstić information content (AvgIpc) is 2.39. The summed E-state index contributed by atoms with van der Waals surface area (Å²) in [5.74, 6) is 0. The van der Waals surface area contributed by atoms with Crippen LogP contribution >= 0.6 is 0 Å². The molecule has 1 aromatic carbocycles. The quantitative estimate of drug-likeness (QED) is 0.884. The second-order valence-corrected chi connectivity index (χ2v) is 6.09. The monoisotopic (exact) mass is 261 g/mol. The van der Waals surface area contributed by atoms with Gasteiger partial charge >= 0.3 is 0 Å². The van der Waals surface area contributed by atoms with Gasteiger partial charge in [0.25, 0.3) is 0 Å². The number of rotatable bonds is 4. The molecular weight excluding hydrogens is 234 g/mol. The van der Waals surface area contributed by atoms with Gasteiger partial charge in [0.2, 0.25) is 0 Å². The molecule has 2 nitrogen and oxygen atoms in total. The first-order valence-electron chi connectivity index (χ1n) is 7.49. The van der Waals surface area contributed by atoms with Crippen molar-refractivity contribution in [3.63, 3.8) is 0 Å². The van der Waals surface area contributed by atoms with Gasteiger partial charge in [-0.3, -0.25) is 0 Å². The molecule has 1 aliphatic rings. The van der Waals surface area contributed by atoms with Crippen molar-refractivity contribution in [2.45, 2.75) is 64.6 Å². The average molecular weight is 261 g/mol. The van der Waals surface area contributed by atoms with Crippen LogP contribution in [-0.2, 0) is 4.74 Å². The maximum atomic E-state index is 5.92. The molecule has 1 fully saturated rings. The minimum Gasteiger partial charge on any atom is -0.375 e. The molecule has 3 atom stereocenters. The zero-order chi connectivity index (χ0) is 13.9. The van der Waals surface area contributed by atoms with Crippen LogP contribution < -0.4 is 5.32 Å². The van der Waals surface area contributed by atoms with Crippen LogP contribution in [0, 0.1) is 6.92 Å². The molecule has 0 saturated carbocycles. The Morgan fingerprint density at radius 2 is 2.16 bits per heavy atom. The molecule has 1 heterocycles. The molecule has 2 unspecified atom stereocenters. The molecule has 0 aromatic heterocycles. The molecule has 0 bridgehead atoms. The summed E-state index contributed by atoms with van der Waals surface area (Å²) in [6.45, 7) is 9.78. The lowest BCUT2D eigenvalue weighted by atomic mass is 9.89. The third-order valence-electron chi connectivity index (χ3n) is 4.48. The van der Waals surface area contributed by atoms with E-state index in [1.807, 2.05) is 0 Å². The minimum absolute atomic E-state index is 0.0569. The summed E-state index contributed by atoms with van der Waals surface area (Å²) in [6.07, 6.45) is 3.31. The van der Waals surface area contributed by atoms with Gasteiger partial charge in [0, 0.05) is 18.7 Å². The van der Waals surface area contributed by atoms with Crippen LogP contribution in [0.4, 0.5) is 0 Å². The van der Waals surface area contributed by atoms with Crippen molar-refractivity contribution < 1.29 is 4.74 Å². The third kappa shape index (κ3) is 3.58. The molecule has 2 rings (SSSR count). The van der Waals surface area contributed by atoms with Crippen LogP contribution in [-0.4, -0.2) is 18.2 Å². The molecule has 0 amide bonds. The fourth-order valence-electron chi connectivity index (χ4n) is 3.03. The molecule has 1 saturated heterocycles. The Morgan fingerprint density at radius 1 is 1.42 bits per heavy atom. The number of nitrogens with one attached hydrogen (secondary N) is 1. The van der Waals surface area contributed by atoms with E-state index in [-0.39, 0.29) is 5.60 Å². The topological polar surface area (TPSA) is 21.3 Å². The first kappa shape index (κ1) is 14.5. The van der Waals surface area contributed by atoms with Crippen molar-refractivity contribution >= 4 is 0 Å². The molecule has 19 heavy (non-hydrogen) atoms. The molecule has 0 radical (unpaired) electrons. The van der Waals surface area contributed by atoms with Crippen LogP contribution in [0.3, 0.4) is 0 Å². The summed E-state index contributed by atoms with van der Waals surface area (Å²) in [5.41, 5.74) is 2.83. The fourth-order valence-corrected chi connectivity index (χ4v) is 3.03. The van der Waals surface area contributed by atoms with E-state index in [4.69, 9.17) is 4.74 Å². The van der Waals surface area contributed by atoms with Crippen molar-refractivity contribution in [3.05, 3.63) is 35.4 Å². The first-order chi connectivity index (χ1) is 9.04. The molecule has 1 aliphatic heterocycles. The Balaban J connectivity index is 1.99. The lowest BCUT2D eigenvalue weighted by Gasteiger charge is -2.39. The predicted octanol–water partition coefficient (Wildman–Crippen LogP) is 3.99. The standard InChI is InChI=1S/C17H27NO/c1-5-17(4)12-15(10-11-19-17)18-14(3)16-9-7-6-8-13(16)2/h6-9,14-15,18H,5,10-12H2,1-4H3/t14-,15?,17?/m0/s1. The lowest BCUT2D eigenvalue weighted by molar-refractivity contribution is -0.0789. The molecular formula is C17H27NO. The summed E-state index contributed by atoms with van der Waals surface area (Å²) in [5, 5.41) is 3.79. The highest BCUT2D eigenvalue weighted by Crippen LogP contribution is 2.29. The van der Waals surface area contributed by atoms with Crippen LogP contribution in [0.15, 0.2) is 24.3 Å². The van der Waals surface area contributed by atoms with Gasteiger partial charge in [-0.25, -0.2) is 0 Å². The van der Waals surface area contributed by atoms with Crippen molar-refractivity contribution in [1.82, 2.24) is 5.32 Å². The predicted molar refractivity (Wildman–Crippen MR) is 80.4 cm³/mol. The summed E-state index contributed by atoms with van der Waals surface area (Å²) in [6, 6.07) is 9.62. The number of benzene rings is 1. The van der Waals surface area contributed by atoms with Crippen LogP contribution in [0.1, 0.15) is 57.2 Å². The van der Waals surface area contributed by atoms with Crippen molar-refractivity contribution in [2.24, 2.45) is 0 Å². The Labute approximate surface area is 117 Å². The van der Waals surface area contributed by atoms with E-state index in [0.29, 0.717) is 12.1 Å². The van der Waals surface area contributed by atoms with Gasteiger partial charge < -0.3 is 10.1 Å². The van der Waals surface area contributed by atoms with E-state index < -0.39 is 0 Å². The molecule has 2 heteroatoms.